The van der Waals surface area contributed by atoms with Gasteiger partial charge in [0.25, 0.3) is 0 Å². The van der Waals surface area contributed by atoms with E-state index >= 15 is 0 Å². The predicted octanol–water partition coefficient (Wildman–Crippen LogP) is 1.05. The third kappa shape index (κ3) is 2.11. The molecule has 1 aromatic heterocycles. The van der Waals surface area contributed by atoms with Crippen LogP contribution in [0, 0.1) is 6.92 Å². The molecule has 0 amide bonds. The highest BCUT2D eigenvalue weighted by atomic mass is 16.5. The Bertz CT molecular complexity index is 617. The Labute approximate surface area is 111 Å². The molecule has 102 valence electrons. The molecule has 5 heteroatoms. The van der Waals surface area contributed by atoms with Crippen molar-refractivity contribution >= 4 is 16.9 Å². The van der Waals surface area contributed by atoms with Gasteiger partial charge >= 0.3 is 5.97 Å². The van der Waals surface area contributed by atoms with Gasteiger partial charge < -0.3 is 19.5 Å². The summed E-state index contributed by atoms with van der Waals surface area (Å²) in [5.41, 5.74) is 2.29. The molecule has 0 aliphatic heterocycles. The third-order valence-electron chi connectivity index (χ3n) is 3.49. The molecule has 2 N–H and O–H groups in total. The number of carbonyl (C=O) groups is 1. The number of aromatic nitrogens is 1. The standard InChI is InChI=1S/C14H17NO4/c1-8-11(12(16)13(17)14(18)19-3)9-6-4-5-7-10(9)15(8)2/h4-7,12-13,16-17H,1-3H3. The quantitative estimate of drug-likeness (QED) is 0.812. The van der Waals surface area contributed by atoms with Crippen molar-refractivity contribution in [3.8, 4) is 0 Å². The molecule has 2 aromatic rings. The Hall–Kier alpha value is -1.85. The summed E-state index contributed by atoms with van der Waals surface area (Å²) in [5, 5.41) is 20.8. The van der Waals surface area contributed by atoms with Crippen molar-refractivity contribution in [3.05, 3.63) is 35.5 Å². The Kier molecular flexibility index (Phi) is 3.59. The fourth-order valence-corrected chi connectivity index (χ4v) is 2.33. The molecular formula is C14H17NO4. The van der Waals surface area contributed by atoms with E-state index < -0.39 is 18.2 Å². The number of esters is 1. The Morgan fingerprint density at radius 2 is 1.95 bits per heavy atom. The second-order valence-corrected chi connectivity index (χ2v) is 4.49. The average molecular weight is 263 g/mol. The Morgan fingerprint density at radius 3 is 2.58 bits per heavy atom. The number of carbonyl (C=O) groups excluding carboxylic acids is 1. The van der Waals surface area contributed by atoms with Gasteiger partial charge in [-0.25, -0.2) is 4.79 Å². The minimum Gasteiger partial charge on any atom is -0.467 e. The summed E-state index contributed by atoms with van der Waals surface area (Å²) >= 11 is 0. The largest absolute Gasteiger partial charge is 0.467 e. The minimum absolute atomic E-state index is 0.552. The smallest absolute Gasteiger partial charge is 0.337 e. The van der Waals surface area contributed by atoms with Gasteiger partial charge in [0.1, 0.15) is 6.10 Å². The molecule has 0 aliphatic rings. The summed E-state index contributed by atoms with van der Waals surface area (Å²) in [6.07, 6.45) is -2.90. The molecule has 0 saturated heterocycles. The lowest BCUT2D eigenvalue weighted by atomic mass is 10.0. The second kappa shape index (κ2) is 5.03. The van der Waals surface area contributed by atoms with Crippen molar-refractivity contribution < 1.29 is 19.7 Å². The van der Waals surface area contributed by atoms with Crippen molar-refractivity contribution in [1.29, 1.82) is 0 Å². The van der Waals surface area contributed by atoms with Crippen LogP contribution in [-0.2, 0) is 16.6 Å². The number of hydrogen-bond acceptors (Lipinski definition) is 4. The molecule has 2 atom stereocenters. The topological polar surface area (TPSA) is 71.7 Å². The molecule has 5 nitrogen and oxygen atoms in total. The SMILES string of the molecule is COC(=O)C(O)C(O)c1c(C)n(C)c2ccccc12. The molecule has 1 aromatic carbocycles. The van der Waals surface area contributed by atoms with Crippen LogP contribution in [0.25, 0.3) is 10.9 Å². The van der Waals surface area contributed by atoms with E-state index in [9.17, 15) is 15.0 Å². The molecule has 0 spiro atoms. The van der Waals surface area contributed by atoms with E-state index in [0.29, 0.717) is 5.56 Å². The van der Waals surface area contributed by atoms with Crippen LogP contribution in [0.15, 0.2) is 24.3 Å². The van der Waals surface area contributed by atoms with Crippen LogP contribution in [-0.4, -0.2) is 34.0 Å². The normalized spacial score (nSPS) is 14.4. The lowest BCUT2D eigenvalue weighted by Crippen LogP contribution is -2.29. The van der Waals surface area contributed by atoms with Gasteiger partial charge in [-0.1, -0.05) is 18.2 Å². The van der Waals surface area contributed by atoms with E-state index in [2.05, 4.69) is 4.74 Å². The van der Waals surface area contributed by atoms with E-state index in [1.54, 1.807) is 0 Å². The summed E-state index contributed by atoms with van der Waals surface area (Å²) in [5.74, 6) is -0.847. The number of nitrogens with zero attached hydrogens (tertiary/aromatic N) is 1. The number of aliphatic hydroxyl groups excluding tert-OH is 2. The molecule has 0 aliphatic carbocycles. The maximum absolute atomic E-state index is 11.3. The van der Waals surface area contributed by atoms with Crippen LogP contribution in [0.2, 0.25) is 0 Å². The lowest BCUT2D eigenvalue weighted by Gasteiger charge is -2.16. The van der Waals surface area contributed by atoms with Gasteiger partial charge in [0.05, 0.1) is 7.11 Å². The molecule has 0 bridgehead atoms. The Balaban J connectivity index is 2.56. The maximum atomic E-state index is 11.3. The van der Waals surface area contributed by atoms with Crippen LogP contribution in [0.4, 0.5) is 0 Å². The lowest BCUT2D eigenvalue weighted by molar-refractivity contribution is -0.156. The highest BCUT2D eigenvalue weighted by Gasteiger charge is 2.30. The number of rotatable bonds is 3. The van der Waals surface area contributed by atoms with Crippen molar-refractivity contribution in [1.82, 2.24) is 4.57 Å². The van der Waals surface area contributed by atoms with Crippen LogP contribution >= 0.6 is 0 Å². The minimum atomic E-state index is -1.59. The van der Waals surface area contributed by atoms with E-state index in [4.69, 9.17) is 0 Å². The third-order valence-corrected chi connectivity index (χ3v) is 3.49. The first kappa shape index (κ1) is 13.6. The van der Waals surface area contributed by atoms with Gasteiger partial charge in [0, 0.05) is 29.2 Å². The summed E-state index contributed by atoms with van der Waals surface area (Å²) in [7, 11) is 3.05. The molecule has 2 unspecified atom stereocenters. The van der Waals surface area contributed by atoms with Gasteiger partial charge in [-0.15, -0.1) is 0 Å². The van der Waals surface area contributed by atoms with Gasteiger partial charge in [-0.05, 0) is 13.0 Å². The maximum Gasteiger partial charge on any atom is 0.337 e. The zero-order valence-corrected chi connectivity index (χ0v) is 11.1. The highest BCUT2D eigenvalue weighted by Crippen LogP contribution is 2.31. The van der Waals surface area contributed by atoms with Crippen LogP contribution in [0.5, 0.6) is 0 Å². The fourth-order valence-electron chi connectivity index (χ4n) is 2.33. The summed E-state index contributed by atoms with van der Waals surface area (Å²) in [4.78, 5) is 11.3. The number of methoxy groups -OCH3 is 1. The molecule has 19 heavy (non-hydrogen) atoms. The van der Waals surface area contributed by atoms with E-state index in [1.165, 1.54) is 7.11 Å². The second-order valence-electron chi connectivity index (χ2n) is 4.49. The first-order chi connectivity index (χ1) is 8.99. The molecule has 2 rings (SSSR count). The predicted molar refractivity (Wildman–Crippen MR) is 70.6 cm³/mol. The van der Waals surface area contributed by atoms with Gasteiger partial charge in [-0.2, -0.15) is 0 Å². The molecule has 0 fully saturated rings. The van der Waals surface area contributed by atoms with Gasteiger partial charge in [0.15, 0.2) is 6.10 Å². The first-order valence-corrected chi connectivity index (χ1v) is 5.97. The number of fused-ring (bicyclic) bond motifs is 1. The number of para-hydroxylation sites is 1. The molecule has 0 saturated carbocycles. The fraction of sp³-hybridized carbons (Fsp3) is 0.357. The average Bonchev–Trinajstić information content (AvgIpc) is 2.69. The van der Waals surface area contributed by atoms with E-state index in [-0.39, 0.29) is 0 Å². The van der Waals surface area contributed by atoms with Crippen LogP contribution < -0.4 is 0 Å². The van der Waals surface area contributed by atoms with Crippen molar-refractivity contribution in [2.45, 2.75) is 19.1 Å². The first-order valence-electron chi connectivity index (χ1n) is 5.97. The number of aryl methyl sites for hydroxylation is 1. The van der Waals surface area contributed by atoms with Crippen molar-refractivity contribution in [2.75, 3.05) is 7.11 Å². The molecule has 1 heterocycles. The number of benzene rings is 1. The summed E-state index contributed by atoms with van der Waals surface area (Å²) < 4.78 is 6.37. The van der Waals surface area contributed by atoms with Crippen LogP contribution in [0.3, 0.4) is 0 Å². The van der Waals surface area contributed by atoms with Gasteiger partial charge in [0.2, 0.25) is 0 Å². The monoisotopic (exact) mass is 263 g/mol. The summed E-state index contributed by atoms with van der Waals surface area (Å²) in [6, 6.07) is 7.52. The van der Waals surface area contributed by atoms with E-state index in [0.717, 1.165) is 16.6 Å². The van der Waals surface area contributed by atoms with Crippen molar-refractivity contribution in [2.24, 2.45) is 7.05 Å². The summed E-state index contributed by atoms with van der Waals surface area (Å²) in [6.45, 7) is 1.84. The molecular weight excluding hydrogens is 246 g/mol. The Morgan fingerprint density at radius 1 is 1.32 bits per heavy atom. The van der Waals surface area contributed by atoms with E-state index in [1.807, 2.05) is 42.8 Å². The highest BCUT2D eigenvalue weighted by molar-refractivity contribution is 5.87. The van der Waals surface area contributed by atoms with Gasteiger partial charge in [-0.3, -0.25) is 0 Å². The zero-order chi connectivity index (χ0) is 14.2. The van der Waals surface area contributed by atoms with Crippen molar-refractivity contribution in [3.63, 3.8) is 0 Å². The number of hydrogen-bond donors (Lipinski definition) is 2. The number of aliphatic hydroxyl groups is 2. The zero-order valence-electron chi connectivity index (χ0n) is 11.1. The molecule has 0 radical (unpaired) electrons. The number of ether oxygens (including phenoxy) is 1. The van der Waals surface area contributed by atoms with Crippen LogP contribution in [0.1, 0.15) is 17.4 Å².